The van der Waals surface area contributed by atoms with E-state index in [-0.39, 0.29) is 16.4 Å². The largest absolute Gasteiger partial charge is 0.319 e. The highest BCUT2D eigenvalue weighted by Crippen LogP contribution is 2.55. The van der Waals surface area contributed by atoms with Crippen molar-refractivity contribution in [1.82, 2.24) is 4.98 Å². The van der Waals surface area contributed by atoms with Crippen molar-refractivity contribution in [3.8, 4) is 5.44 Å². The Morgan fingerprint density at radius 1 is 0.714 bits per heavy atom. The zero-order valence-electron chi connectivity index (χ0n) is 17.6. The maximum Gasteiger partial charge on any atom is 0.248 e. The summed E-state index contributed by atoms with van der Waals surface area (Å²) < 4.78 is 0. The van der Waals surface area contributed by atoms with Crippen molar-refractivity contribution < 1.29 is 0 Å². The van der Waals surface area contributed by atoms with E-state index in [1.54, 1.807) is 6.07 Å². The van der Waals surface area contributed by atoms with E-state index in [4.69, 9.17) is 0 Å². The number of H-pyrrole nitrogens is 1. The lowest BCUT2D eigenvalue weighted by Crippen LogP contribution is -2.10. The number of fused-ring (bicyclic) bond motifs is 3. The fourth-order valence-electron chi connectivity index (χ4n) is 3.78. The van der Waals surface area contributed by atoms with Crippen LogP contribution in [0.4, 0.5) is 0 Å². The Balaban J connectivity index is 2.17. The monoisotopic (exact) mass is 389 g/mol. The first-order valence-corrected chi connectivity index (χ1v) is 11.2. The molecule has 0 saturated carbocycles. The van der Waals surface area contributed by atoms with E-state index in [1.165, 1.54) is 32.1 Å². The first-order valence-electron chi connectivity index (χ1n) is 9.85. The molecule has 28 heavy (non-hydrogen) atoms. The Kier molecular flexibility index (Phi) is 4.32. The van der Waals surface area contributed by atoms with Gasteiger partial charge in [-0.1, -0.05) is 79.4 Å². The fourth-order valence-corrected chi connectivity index (χ4v) is 6.42. The zero-order valence-corrected chi connectivity index (χ0v) is 18.4. The van der Waals surface area contributed by atoms with E-state index in [9.17, 15) is 4.79 Å². The van der Waals surface area contributed by atoms with Gasteiger partial charge in [0, 0.05) is 16.3 Å². The Morgan fingerprint density at radius 3 is 1.64 bits per heavy atom. The number of aromatic nitrogens is 1. The van der Waals surface area contributed by atoms with Gasteiger partial charge in [-0.05, 0) is 50.9 Å². The number of nitrogens with one attached hydrogen (secondary N) is 1. The van der Waals surface area contributed by atoms with Crippen molar-refractivity contribution in [2.24, 2.45) is 0 Å². The molecular formula is C25H28NOP. The van der Waals surface area contributed by atoms with Crippen LogP contribution in [0.25, 0.3) is 26.4 Å². The molecule has 0 spiro atoms. The summed E-state index contributed by atoms with van der Waals surface area (Å²) >= 11 is 0. The lowest BCUT2D eigenvalue weighted by molar-refractivity contribution is 0.591. The summed E-state index contributed by atoms with van der Waals surface area (Å²) in [5.41, 5.74) is 3.84. The van der Waals surface area contributed by atoms with Gasteiger partial charge in [0.2, 0.25) is 5.56 Å². The molecule has 1 N–H and O–H groups in total. The van der Waals surface area contributed by atoms with Crippen LogP contribution in [0.3, 0.4) is 0 Å². The summed E-state index contributed by atoms with van der Waals surface area (Å²) in [6.07, 6.45) is 0. The number of pyridine rings is 1. The van der Waals surface area contributed by atoms with Gasteiger partial charge in [-0.25, -0.2) is 0 Å². The topological polar surface area (TPSA) is 32.9 Å². The molecule has 0 atom stereocenters. The smallest absolute Gasteiger partial charge is 0.248 e. The molecule has 0 saturated heterocycles. The van der Waals surface area contributed by atoms with Crippen LogP contribution >= 0.6 is 7.53 Å². The quantitative estimate of drug-likeness (QED) is 0.365. The average Bonchev–Trinajstić information content (AvgIpc) is 2.93. The summed E-state index contributed by atoms with van der Waals surface area (Å²) in [5, 5.41) is 5.31. The van der Waals surface area contributed by atoms with Gasteiger partial charge in [0.15, 0.2) is 0 Å². The lowest BCUT2D eigenvalue weighted by atomic mass is 9.86. The molecule has 0 fully saturated rings. The molecule has 4 aromatic rings. The summed E-state index contributed by atoms with van der Waals surface area (Å²) in [5.74, 6) is 0. The number of aromatic amines is 1. The van der Waals surface area contributed by atoms with Crippen LogP contribution in [0, 0.1) is 0 Å². The van der Waals surface area contributed by atoms with Gasteiger partial charge in [-0.2, -0.15) is 0 Å². The van der Waals surface area contributed by atoms with Crippen molar-refractivity contribution in [3.63, 3.8) is 0 Å². The molecule has 0 aliphatic carbocycles. The minimum atomic E-state index is -0.770. The SMILES string of the molecule is CC(C)(C)c1ccc2c3ccc(C(C)(C)C)cc3p(-c3cccc(=O)[nH]3)c2c1. The fraction of sp³-hybridized carbons (Fsp3) is 0.320. The zero-order chi connectivity index (χ0) is 20.3. The predicted octanol–water partition coefficient (Wildman–Crippen LogP) is 7.25. The molecule has 2 aromatic heterocycles. The molecule has 4 rings (SSSR count). The van der Waals surface area contributed by atoms with Crippen molar-refractivity contribution >= 4 is 28.5 Å². The minimum absolute atomic E-state index is 0.0334. The minimum Gasteiger partial charge on any atom is -0.319 e. The number of hydrogen-bond donors (Lipinski definition) is 1. The van der Waals surface area contributed by atoms with Gasteiger partial charge in [0.25, 0.3) is 0 Å². The first-order chi connectivity index (χ1) is 13.1. The molecule has 2 heterocycles. The van der Waals surface area contributed by atoms with Gasteiger partial charge in [0.1, 0.15) is 0 Å². The Bertz CT molecular complexity index is 1170. The standard InChI is InChI=1S/C25H28NOP/c1-24(2,3)16-10-12-18-19-13-11-17(25(4,5)6)15-21(19)28(20(18)14-16)23-9-7-8-22(27)26-23/h7-15H,1-6H3,(H,26,27). The van der Waals surface area contributed by atoms with Gasteiger partial charge in [-0.3, -0.25) is 4.79 Å². The van der Waals surface area contributed by atoms with E-state index < -0.39 is 7.53 Å². The molecule has 2 nitrogen and oxygen atoms in total. The molecule has 0 unspecified atom stereocenters. The van der Waals surface area contributed by atoms with Crippen molar-refractivity contribution in [2.45, 2.75) is 52.4 Å². The van der Waals surface area contributed by atoms with Crippen LogP contribution in [0.15, 0.2) is 59.4 Å². The van der Waals surface area contributed by atoms with E-state index in [0.717, 1.165) is 5.44 Å². The van der Waals surface area contributed by atoms with E-state index in [2.05, 4.69) is 89.0 Å². The second-order valence-corrected chi connectivity index (χ2v) is 11.8. The lowest BCUT2D eigenvalue weighted by Gasteiger charge is -2.19. The molecular weight excluding hydrogens is 361 g/mol. The van der Waals surface area contributed by atoms with Gasteiger partial charge >= 0.3 is 0 Å². The van der Waals surface area contributed by atoms with Crippen LogP contribution < -0.4 is 5.56 Å². The third-order valence-corrected chi connectivity index (χ3v) is 7.94. The number of benzene rings is 2. The van der Waals surface area contributed by atoms with Crippen LogP contribution in [0.1, 0.15) is 52.7 Å². The highest BCUT2D eigenvalue weighted by molar-refractivity contribution is 7.67. The van der Waals surface area contributed by atoms with Crippen molar-refractivity contribution in [3.05, 3.63) is 76.1 Å². The highest BCUT2D eigenvalue weighted by atomic mass is 31.1. The van der Waals surface area contributed by atoms with E-state index >= 15 is 0 Å². The Hall–Kier alpha value is -2.31. The van der Waals surface area contributed by atoms with Gasteiger partial charge < -0.3 is 4.98 Å². The maximum absolute atomic E-state index is 12.1. The number of rotatable bonds is 1. The molecule has 144 valence electrons. The Morgan fingerprint density at radius 2 is 1.21 bits per heavy atom. The van der Waals surface area contributed by atoms with Crippen LogP contribution in [-0.4, -0.2) is 4.98 Å². The molecule has 2 aromatic carbocycles. The van der Waals surface area contributed by atoms with Gasteiger partial charge in [0.05, 0.1) is 5.44 Å². The highest BCUT2D eigenvalue weighted by Gasteiger charge is 2.21. The molecule has 0 aliphatic rings. The van der Waals surface area contributed by atoms with Crippen LogP contribution in [0.5, 0.6) is 0 Å². The molecule has 0 radical (unpaired) electrons. The average molecular weight is 389 g/mol. The molecule has 0 bridgehead atoms. The molecule has 0 aliphatic heterocycles. The summed E-state index contributed by atoms with van der Waals surface area (Å²) in [6.45, 7) is 13.5. The second kappa shape index (κ2) is 6.36. The van der Waals surface area contributed by atoms with Crippen LogP contribution in [0.2, 0.25) is 0 Å². The number of hydrogen-bond acceptors (Lipinski definition) is 1. The van der Waals surface area contributed by atoms with Gasteiger partial charge in [-0.15, -0.1) is 0 Å². The Labute approximate surface area is 167 Å². The van der Waals surface area contributed by atoms with Crippen molar-refractivity contribution in [1.29, 1.82) is 0 Å². The third-order valence-electron chi connectivity index (χ3n) is 5.49. The molecule has 0 amide bonds. The predicted molar refractivity (Wildman–Crippen MR) is 124 cm³/mol. The molecule has 3 heteroatoms. The summed E-state index contributed by atoms with van der Waals surface area (Å²) in [7, 11) is -0.770. The van der Waals surface area contributed by atoms with Crippen LogP contribution in [-0.2, 0) is 10.8 Å². The third kappa shape index (κ3) is 3.20. The second-order valence-electron chi connectivity index (χ2n) is 9.70. The van der Waals surface area contributed by atoms with E-state index in [1.807, 2.05) is 6.07 Å². The normalized spacial score (nSPS) is 12.8. The maximum atomic E-state index is 12.1. The first kappa shape index (κ1) is 19.0. The van der Waals surface area contributed by atoms with Crippen molar-refractivity contribution in [2.75, 3.05) is 0 Å². The van der Waals surface area contributed by atoms with E-state index in [0.29, 0.717) is 0 Å². The summed E-state index contributed by atoms with van der Waals surface area (Å²) in [6, 6.07) is 19.3. The summed E-state index contributed by atoms with van der Waals surface area (Å²) in [4.78, 5) is 15.2.